The van der Waals surface area contributed by atoms with E-state index >= 15 is 0 Å². The van der Waals surface area contributed by atoms with Crippen LogP contribution in [-0.2, 0) is 16.0 Å². The highest BCUT2D eigenvalue weighted by Gasteiger charge is 2.67. The molecular weight excluding hydrogens is 330 g/mol. The highest BCUT2D eigenvalue weighted by atomic mass is 19.4. The molecule has 2 rings (SSSR count). The van der Waals surface area contributed by atoms with Gasteiger partial charge >= 0.3 is 18.3 Å². The maximum atomic E-state index is 13.4. The molecule has 1 aliphatic rings. The molecule has 126 valence electrons. The standard InChI is InChI=1S/C14H10F6O3/c15-13(16,17)7-23-11(22)12(14(18,19)20)6-5-8-3-1-2-4-9(8)10(12)21/h1-4H,5-7H2. The summed E-state index contributed by atoms with van der Waals surface area (Å²) in [5.74, 6) is -3.80. The summed E-state index contributed by atoms with van der Waals surface area (Å²) in [5, 5.41) is 0. The molecule has 0 N–H and O–H groups in total. The molecule has 0 heterocycles. The van der Waals surface area contributed by atoms with Crippen molar-refractivity contribution in [2.75, 3.05) is 6.61 Å². The van der Waals surface area contributed by atoms with Crippen LogP contribution in [0.4, 0.5) is 26.3 Å². The first-order valence-corrected chi connectivity index (χ1v) is 6.42. The quantitative estimate of drug-likeness (QED) is 0.470. The lowest BCUT2D eigenvalue weighted by Crippen LogP contribution is -2.54. The van der Waals surface area contributed by atoms with Crippen LogP contribution in [0, 0.1) is 5.41 Å². The fourth-order valence-corrected chi connectivity index (χ4v) is 2.48. The van der Waals surface area contributed by atoms with E-state index in [1.807, 2.05) is 0 Å². The summed E-state index contributed by atoms with van der Waals surface area (Å²) < 4.78 is 80.3. The predicted octanol–water partition coefficient (Wildman–Crippen LogP) is 3.47. The number of hydrogen-bond donors (Lipinski definition) is 0. The number of benzene rings is 1. The second-order valence-electron chi connectivity index (χ2n) is 5.08. The minimum Gasteiger partial charge on any atom is -0.455 e. The first-order valence-electron chi connectivity index (χ1n) is 6.42. The van der Waals surface area contributed by atoms with Crippen LogP contribution in [0.25, 0.3) is 0 Å². The third-order valence-electron chi connectivity index (χ3n) is 3.62. The summed E-state index contributed by atoms with van der Waals surface area (Å²) in [6.07, 6.45) is -11.6. The lowest BCUT2D eigenvalue weighted by Gasteiger charge is -2.35. The van der Waals surface area contributed by atoms with Crippen LogP contribution in [-0.4, -0.2) is 30.7 Å². The first-order chi connectivity index (χ1) is 10.5. The fourth-order valence-electron chi connectivity index (χ4n) is 2.48. The third kappa shape index (κ3) is 3.04. The molecule has 1 aromatic rings. The van der Waals surface area contributed by atoms with Gasteiger partial charge < -0.3 is 4.74 Å². The van der Waals surface area contributed by atoms with Gasteiger partial charge in [0.1, 0.15) is 0 Å². The smallest absolute Gasteiger partial charge is 0.422 e. The van der Waals surface area contributed by atoms with Gasteiger partial charge in [0.2, 0.25) is 5.41 Å². The number of alkyl halides is 6. The number of aryl methyl sites for hydroxylation is 1. The first kappa shape index (κ1) is 17.3. The second-order valence-corrected chi connectivity index (χ2v) is 5.08. The molecule has 0 fully saturated rings. The minimum atomic E-state index is -5.36. The Bertz CT molecular complexity index is 634. The van der Waals surface area contributed by atoms with Crippen molar-refractivity contribution in [3.63, 3.8) is 0 Å². The summed E-state index contributed by atoms with van der Waals surface area (Å²) in [6, 6.07) is 5.35. The zero-order chi connectivity index (χ0) is 17.5. The molecule has 9 heteroatoms. The summed E-state index contributed by atoms with van der Waals surface area (Å²) in [6.45, 7) is -2.18. The molecule has 1 aliphatic carbocycles. The summed E-state index contributed by atoms with van der Waals surface area (Å²) in [5.41, 5.74) is -3.63. The summed E-state index contributed by atoms with van der Waals surface area (Å²) in [4.78, 5) is 24.0. The Morgan fingerprint density at radius 3 is 2.30 bits per heavy atom. The number of esters is 1. The lowest BCUT2D eigenvalue weighted by molar-refractivity contribution is -0.232. The molecule has 0 saturated carbocycles. The number of fused-ring (bicyclic) bond motifs is 1. The lowest BCUT2D eigenvalue weighted by atomic mass is 9.70. The minimum absolute atomic E-state index is 0.275. The van der Waals surface area contributed by atoms with Crippen LogP contribution in [0.5, 0.6) is 0 Å². The SMILES string of the molecule is O=C(OCC(F)(F)F)C1(C(F)(F)F)CCc2ccccc2C1=O. The third-order valence-corrected chi connectivity index (χ3v) is 3.62. The molecule has 0 saturated heterocycles. The molecule has 0 spiro atoms. The molecule has 0 bridgehead atoms. The molecule has 0 aliphatic heterocycles. The largest absolute Gasteiger partial charge is 0.455 e. The van der Waals surface area contributed by atoms with Gasteiger partial charge in [-0.05, 0) is 18.4 Å². The zero-order valence-corrected chi connectivity index (χ0v) is 11.4. The number of rotatable bonds is 2. The van der Waals surface area contributed by atoms with E-state index in [2.05, 4.69) is 4.74 Å². The summed E-state index contributed by atoms with van der Waals surface area (Å²) in [7, 11) is 0. The Hall–Kier alpha value is -2.06. The maximum Gasteiger partial charge on any atom is 0.422 e. The van der Waals surface area contributed by atoms with E-state index in [-0.39, 0.29) is 12.0 Å². The highest BCUT2D eigenvalue weighted by molar-refractivity contribution is 6.14. The Morgan fingerprint density at radius 2 is 1.74 bits per heavy atom. The van der Waals surface area contributed by atoms with Crippen LogP contribution in [0.3, 0.4) is 0 Å². The van der Waals surface area contributed by atoms with Crippen molar-refractivity contribution in [3.8, 4) is 0 Å². The van der Waals surface area contributed by atoms with E-state index in [1.165, 1.54) is 18.2 Å². The van der Waals surface area contributed by atoms with Crippen LogP contribution in [0.2, 0.25) is 0 Å². The van der Waals surface area contributed by atoms with Gasteiger partial charge in [-0.25, -0.2) is 0 Å². The number of Topliss-reactive ketones (excluding diaryl/α,β-unsaturated/α-hetero) is 1. The summed E-state index contributed by atoms with van der Waals surface area (Å²) >= 11 is 0. The topological polar surface area (TPSA) is 43.4 Å². The second kappa shape index (κ2) is 5.54. The molecule has 0 radical (unpaired) electrons. The Morgan fingerprint density at radius 1 is 1.13 bits per heavy atom. The van der Waals surface area contributed by atoms with Crippen molar-refractivity contribution in [2.45, 2.75) is 25.2 Å². The van der Waals surface area contributed by atoms with Crippen molar-refractivity contribution < 1.29 is 40.7 Å². The Balaban J connectivity index is 2.43. The Kier molecular flexibility index (Phi) is 4.16. The zero-order valence-electron chi connectivity index (χ0n) is 11.4. The van der Waals surface area contributed by atoms with Crippen LogP contribution >= 0.6 is 0 Å². The Labute approximate surface area is 126 Å². The van der Waals surface area contributed by atoms with Crippen molar-refractivity contribution >= 4 is 11.8 Å². The molecule has 1 atom stereocenters. The van der Waals surface area contributed by atoms with Gasteiger partial charge in [-0.3, -0.25) is 9.59 Å². The molecule has 0 aromatic heterocycles. The van der Waals surface area contributed by atoms with E-state index in [1.54, 1.807) is 0 Å². The van der Waals surface area contributed by atoms with Crippen molar-refractivity contribution in [1.29, 1.82) is 0 Å². The van der Waals surface area contributed by atoms with Crippen molar-refractivity contribution in [3.05, 3.63) is 35.4 Å². The van der Waals surface area contributed by atoms with Gasteiger partial charge in [-0.15, -0.1) is 0 Å². The van der Waals surface area contributed by atoms with Crippen LogP contribution in [0.15, 0.2) is 24.3 Å². The number of ketones is 1. The van der Waals surface area contributed by atoms with Gasteiger partial charge in [0, 0.05) is 5.56 Å². The average molecular weight is 340 g/mol. The van der Waals surface area contributed by atoms with Gasteiger partial charge in [-0.2, -0.15) is 26.3 Å². The fraction of sp³-hybridized carbons (Fsp3) is 0.429. The van der Waals surface area contributed by atoms with E-state index < -0.39 is 42.5 Å². The van der Waals surface area contributed by atoms with Gasteiger partial charge in [0.25, 0.3) is 0 Å². The molecule has 3 nitrogen and oxygen atoms in total. The van der Waals surface area contributed by atoms with E-state index in [0.29, 0.717) is 5.56 Å². The van der Waals surface area contributed by atoms with Crippen molar-refractivity contribution in [1.82, 2.24) is 0 Å². The normalized spacial score (nSPS) is 21.7. The van der Waals surface area contributed by atoms with E-state index in [9.17, 15) is 35.9 Å². The number of hydrogen-bond acceptors (Lipinski definition) is 3. The van der Waals surface area contributed by atoms with E-state index in [4.69, 9.17) is 0 Å². The van der Waals surface area contributed by atoms with Gasteiger partial charge in [0.05, 0.1) is 0 Å². The van der Waals surface area contributed by atoms with E-state index in [0.717, 1.165) is 6.07 Å². The van der Waals surface area contributed by atoms with Crippen molar-refractivity contribution in [2.24, 2.45) is 5.41 Å². The highest BCUT2D eigenvalue weighted by Crippen LogP contribution is 2.48. The van der Waals surface area contributed by atoms with Gasteiger partial charge in [-0.1, -0.05) is 24.3 Å². The van der Waals surface area contributed by atoms with Crippen LogP contribution in [0.1, 0.15) is 22.3 Å². The number of ether oxygens (including phenoxy) is 1. The average Bonchev–Trinajstić information content (AvgIpc) is 2.43. The molecule has 1 aromatic carbocycles. The molecular formula is C14H10F6O3. The number of carbonyl (C=O) groups is 2. The molecule has 1 unspecified atom stereocenters. The molecule has 23 heavy (non-hydrogen) atoms. The van der Waals surface area contributed by atoms with Crippen LogP contribution < -0.4 is 0 Å². The van der Waals surface area contributed by atoms with Gasteiger partial charge in [0.15, 0.2) is 12.4 Å². The number of carbonyl (C=O) groups excluding carboxylic acids is 2. The monoisotopic (exact) mass is 340 g/mol. The predicted molar refractivity (Wildman–Crippen MR) is 64.6 cm³/mol. The number of halogens is 6. The maximum absolute atomic E-state index is 13.4. The molecule has 0 amide bonds.